The van der Waals surface area contributed by atoms with Gasteiger partial charge in [0.15, 0.2) is 5.76 Å². The standard InChI is InChI=1S/C20H19NO5/c1-4-24-16-8-6-5-7-13(16)11-18-19(22)15-10-9-14(12-17(15)26-18)25-20(23)21(2)3/h5-12H,4H2,1-3H3. The van der Waals surface area contributed by atoms with Crippen molar-refractivity contribution in [2.75, 3.05) is 20.7 Å². The molecular weight excluding hydrogens is 334 g/mol. The van der Waals surface area contributed by atoms with Gasteiger partial charge in [0.05, 0.1) is 12.2 Å². The Labute approximate surface area is 151 Å². The van der Waals surface area contributed by atoms with E-state index in [9.17, 15) is 9.59 Å². The van der Waals surface area contributed by atoms with Crippen molar-refractivity contribution in [1.82, 2.24) is 4.90 Å². The van der Waals surface area contributed by atoms with E-state index in [-0.39, 0.29) is 11.5 Å². The zero-order chi connectivity index (χ0) is 18.7. The summed E-state index contributed by atoms with van der Waals surface area (Å²) in [7, 11) is 3.18. The molecular formula is C20H19NO5. The first kappa shape index (κ1) is 17.5. The van der Waals surface area contributed by atoms with Gasteiger partial charge in [-0.3, -0.25) is 4.79 Å². The summed E-state index contributed by atoms with van der Waals surface area (Å²) < 4.78 is 16.5. The molecule has 0 aliphatic carbocycles. The first-order valence-electron chi connectivity index (χ1n) is 8.19. The molecule has 6 nitrogen and oxygen atoms in total. The van der Waals surface area contributed by atoms with Crippen LogP contribution in [0.25, 0.3) is 6.08 Å². The summed E-state index contributed by atoms with van der Waals surface area (Å²) in [4.78, 5) is 25.5. The summed E-state index contributed by atoms with van der Waals surface area (Å²) in [6.45, 7) is 2.42. The van der Waals surface area contributed by atoms with Crippen molar-refractivity contribution < 1.29 is 23.8 Å². The van der Waals surface area contributed by atoms with E-state index in [1.165, 1.54) is 11.0 Å². The maximum absolute atomic E-state index is 12.6. The Bertz CT molecular complexity index is 886. The minimum atomic E-state index is -0.504. The second-order valence-corrected chi connectivity index (χ2v) is 5.83. The molecule has 134 valence electrons. The zero-order valence-electron chi connectivity index (χ0n) is 14.8. The molecule has 0 bridgehead atoms. The van der Waals surface area contributed by atoms with Crippen LogP contribution in [0.3, 0.4) is 0 Å². The van der Waals surface area contributed by atoms with Gasteiger partial charge in [-0.1, -0.05) is 18.2 Å². The SMILES string of the molecule is CCOc1ccccc1C=C1Oc2cc(OC(=O)N(C)C)ccc2C1=O. The molecule has 26 heavy (non-hydrogen) atoms. The van der Waals surface area contributed by atoms with Crippen LogP contribution in [0.5, 0.6) is 17.2 Å². The fourth-order valence-corrected chi connectivity index (χ4v) is 2.45. The number of para-hydroxylation sites is 1. The topological polar surface area (TPSA) is 65.1 Å². The Morgan fingerprint density at radius 3 is 2.69 bits per heavy atom. The minimum Gasteiger partial charge on any atom is -0.493 e. The molecule has 2 aromatic rings. The van der Waals surface area contributed by atoms with Crippen molar-refractivity contribution in [2.24, 2.45) is 0 Å². The Hall–Kier alpha value is -3.28. The van der Waals surface area contributed by atoms with Gasteiger partial charge in [0.25, 0.3) is 0 Å². The fraction of sp³-hybridized carbons (Fsp3) is 0.200. The quantitative estimate of drug-likeness (QED) is 0.783. The lowest BCUT2D eigenvalue weighted by Crippen LogP contribution is -2.25. The van der Waals surface area contributed by atoms with E-state index in [1.54, 1.807) is 32.3 Å². The second-order valence-electron chi connectivity index (χ2n) is 5.83. The van der Waals surface area contributed by atoms with Crippen molar-refractivity contribution in [3.63, 3.8) is 0 Å². The smallest absolute Gasteiger partial charge is 0.414 e. The van der Waals surface area contributed by atoms with E-state index in [4.69, 9.17) is 14.2 Å². The van der Waals surface area contributed by atoms with Gasteiger partial charge >= 0.3 is 6.09 Å². The van der Waals surface area contributed by atoms with Crippen LogP contribution in [0, 0.1) is 0 Å². The third-order valence-corrected chi connectivity index (χ3v) is 3.72. The molecule has 0 fully saturated rings. The predicted molar refractivity (Wildman–Crippen MR) is 96.7 cm³/mol. The third kappa shape index (κ3) is 3.54. The van der Waals surface area contributed by atoms with Crippen LogP contribution < -0.4 is 14.2 Å². The highest BCUT2D eigenvalue weighted by molar-refractivity contribution is 6.14. The lowest BCUT2D eigenvalue weighted by molar-refractivity contribution is 0.101. The molecule has 1 aliphatic rings. The molecule has 1 amide bonds. The lowest BCUT2D eigenvalue weighted by atomic mass is 10.1. The van der Waals surface area contributed by atoms with E-state index in [1.807, 2.05) is 31.2 Å². The molecule has 3 rings (SSSR count). The van der Waals surface area contributed by atoms with Gasteiger partial charge in [-0.05, 0) is 31.2 Å². The minimum absolute atomic E-state index is 0.197. The van der Waals surface area contributed by atoms with E-state index in [2.05, 4.69) is 0 Å². The predicted octanol–water partition coefficient (Wildman–Crippen LogP) is 3.76. The van der Waals surface area contributed by atoms with Crippen molar-refractivity contribution in [1.29, 1.82) is 0 Å². The average molecular weight is 353 g/mol. The third-order valence-electron chi connectivity index (χ3n) is 3.72. The maximum Gasteiger partial charge on any atom is 0.414 e. The Kier molecular flexibility index (Phi) is 4.93. The summed E-state index contributed by atoms with van der Waals surface area (Å²) in [5.74, 6) is 1.32. The molecule has 1 aliphatic heterocycles. The number of carbonyl (C=O) groups is 2. The van der Waals surface area contributed by atoms with Crippen LogP contribution in [-0.2, 0) is 0 Å². The summed E-state index contributed by atoms with van der Waals surface area (Å²) >= 11 is 0. The molecule has 0 spiro atoms. The number of rotatable bonds is 4. The second kappa shape index (κ2) is 7.31. The molecule has 0 aromatic heterocycles. The number of benzene rings is 2. The molecule has 0 saturated carbocycles. The Morgan fingerprint density at radius 2 is 1.96 bits per heavy atom. The molecule has 0 saturated heterocycles. The lowest BCUT2D eigenvalue weighted by Gasteiger charge is -2.10. The number of Topliss-reactive ketones (excluding diaryl/α,β-unsaturated/α-hetero) is 1. The molecule has 0 atom stereocenters. The highest BCUT2D eigenvalue weighted by atomic mass is 16.6. The average Bonchev–Trinajstić information content (AvgIpc) is 2.92. The molecule has 1 heterocycles. The van der Waals surface area contributed by atoms with Crippen molar-refractivity contribution in [3.8, 4) is 17.2 Å². The molecule has 0 unspecified atom stereocenters. The van der Waals surface area contributed by atoms with Gasteiger partial charge in [0.1, 0.15) is 17.2 Å². The number of carbonyl (C=O) groups excluding carboxylic acids is 2. The van der Waals surface area contributed by atoms with Crippen molar-refractivity contribution in [2.45, 2.75) is 6.92 Å². The number of allylic oxidation sites excluding steroid dienone is 1. The van der Waals surface area contributed by atoms with Crippen LogP contribution in [0.2, 0.25) is 0 Å². The van der Waals surface area contributed by atoms with Gasteiger partial charge in [-0.25, -0.2) is 4.79 Å². The van der Waals surface area contributed by atoms with E-state index >= 15 is 0 Å². The number of ketones is 1. The number of nitrogens with zero attached hydrogens (tertiary/aromatic N) is 1. The fourth-order valence-electron chi connectivity index (χ4n) is 2.45. The normalized spacial score (nSPS) is 14.0. The van der Waals surface area contributed by atoms with E-state index in [0.29, 0.717) is 29.4 Å². The highest BCUT2D eigenvalue weighted by Crippen LogP contribution is 2.35. The first-order chi connectivity index (χ1) is 12.5. The van der Waals surface area contributed by atoms with Crippen LogP contribution >= 0.6 is 0 Å². The summed E-state index contributed by atoms with van der Waals surface area (Å²) in [5, 5.41) is 0. The van der Waals surface area contributed by atoms with Crippen LogP contribution in [0.1, 0.15) is 22.8 Å². The van der Waals surface area contributed by atoms with Crippen LogP contribution in [0.15, 0.2) is 48.2 Å². The molecule has 0 radical (unpaired) electrons. The van der Waals surface area contributed by atoms with Crippen LogP contribution in [-0.4, -0.2) is 37.5 Å². The number of ether oxygens (including phenoxy) is 3. The van der Waals surface area contributed by atoms with Gasteiger partial charge < -0.3 is 19.1 Å². The number of fused-ring (bicyclic) bond motifs is 1. The molecule has 0 N–H and O–H groups in total. The zero-order valence-corrected chi connectivity index (χ0v) is 14.8. The first-order valence-corrected chi connectivity index (χ1v) is 8.19. The number of amides is 1. The van der Waals surface area contributed by atoms with Gasteiger partial charge in [-0.2, -0.15) is 0 Å². The molecule has 6 heteroatoms. The highest BCUT2D eigenvalue weighted by Gasteiger charge is 2.28. The van der Waals surface area contributed by atoms with E-state index in [0.717, 1.165) is 5.56 Å². The number of hydrogen-bond donors (Lipinski definition) is 0. The van der Waals surface area contributed by atoms with E-state index < -0.39 is 6.09 Å². The largest absolute Gasteiger partial charge is 0.493 e. The van der Waals surface area contributed by atoms with Crippen molar-refractivity contribution >= 4 is 18.0 Å². The Morgan fingerprint density at radius 1 is 1.19 bits per heavy atom. The van der Waals surface area contributed by atoms with Gasteiger partial charge in [-0.15, -0.1) is 0 Å². The van der Waals surface area contributed by atoms with Gasteiger partial charge in [0.2, 0.25) is 5.78 Å². The van der Waals surface area contributed by atoms with Crippen LogP contribution in [0.4, 0.5) is 4.79 Å². The number of hydrogen-bond acceptors (Lipinski definition) is 5. The van der Waals surface area contributed by atoms with Crippen molar-refractivity contribution in [3.05, 3.63) is 59.4 Å². The Balaban J connectivity index is 1.87. The molecule has 2 aromatic carbocycles. The summed E-state index contributed by atoms with van der Waals surface area (Å²) in [5.41, 5.74) is 1.18. The maximum atomic E-state index is 12.6. The summed E-state index contributed by atoms with van der Waals surface area (Å²) in [6, 6.07) is 12.1. The monoisotopic (exact) mass is 353 g/mol. The summed E-state index contributed by atoms with van der Waals surface area (Å²) in [6.07, 6.45) is 1.15. The van der Waals surface area contributed by atoms with Gasteiger partial charge in [0, 0.05) is 25.7 Å².